The number of fused-ring (bicyclic) bond motifs is 1. The lowest BCUT2D eigenvalue weighted by Gasteiger charge is -2.32. The molecule has 0 saturated carbocycles. The van der Waals surface area contributed by atoms with Crippen LogP contribution in [-0.4, -0.2) is 42.0 Å². The van der Waals surface area contributed by atoms with Gasteiger partial charge in [0.2, 0.25) is 5.91 Å². The molecule has 0 aliphatic carbocycles. The number of nitrogens with zero attached hydrogens (tertiary/aromatic N) is 1. The van der Waals surface area contributed by atoms with Gasteiger partial charge in [-0.3, -0.25) is 4.79 Å². The van der Waals surface area contributed by atoms with Gasteiger partial charge in [-0.25, -0.2) is 0 Å². The molecule has 1 aromatic carbocycles. The summed E-state index contributed by atoms with van der Waals surface area (Å²) < 4.78 is 5.70. The smallest absolute Gasteiger partial charge is 0.229 e. The molecule has 1 fully saturated rings. The summed E-state index contributed by atoms with van der Waals surface area (Å²) in [5, 5.41) is 0. The Kier molecular flexibility index (Phi) is 3.46. The largest absolute Gasteiger partial charge is 0.492 e. The number of benzene rings is 1. The van der Waals surface area contributed by atoms with E-state index in [0.29, 0.717) is 6.61 Å². The summed E-state index contributed by atoms with van der Waals surface area (Å²) >= 11 is 1.93. The van der Waals surface area contributed by atoms with Gasteiger partial charge in [-0.15, -0.1) is 0 Å². The molecule has 0 aromatic heterocycles. The van der Waals surface area contributed by atoms with Crippen molar-refractivity contribution in [2.24, 2.45) is 5.92 Å². The first-order valence-electron chi connectivity index (χ1n) is 6.42. The number of carbonyl (C=O) groups excluding carboxylic acids is 1. The van der Waals surface area contributed by atoms with Crippen LogP contribution in [0.15, 0.2) is 24.3 Å². The molecule has 3 nitrogen and oxygen atoms in total. The lowest BCUT2D eigenvalue weighted by Crippen LogP contribution is -2.44. The lowest BCUT2D eigenvalue weighted by atomic mass is 9.95. The van der Waals surface area contributed by atoms with Crippen LogP contribution >= 0.6 is 11.8 Å². The number of carbonyl (C=O) groups is 1. The van der Waals surface area contributed by atoms with E-state index in [1.54, 1.807) is 0 Å². The molecule has 4 heteroatoms. The first-order valence-corrected chi connectivity index (χ1v) is 7.57. The molecule has 1 aromatic rings. The molecule has 2 aliphatic heterocycles. The van der Waals surface area contributed by atoms with Crippen LogP contribution in [0.1, 0.15) is 5.56 Å². The van der Waals surface area contributed by atoms with Crippen molar-refractivity contribution >= 4 is 17.7 Å². The van der Waals surface area contributed by atoms with Crippen molar-refractivity contribution in [2.45, 2.75) is 6.42 Å². The average Bonchev–Trinajstić information content (AvgIpc) is 2.47. The third-order valence-corrected chi connectivity index (χ3v) is 4.49. The normalized spacial score (nSPS) is 23.1. The summed E-state index contributed by atoms with van der Waals surface area (Å²) in [6, 6.07) is 8.02. The molecule has 0 N–H and O–H groups in total. The van der Waals surface area contributed by atoms with Crippen molar-refractivity contribution in [2.75, 3.05) is 31.2 Å². The van der Waals surface area contributed by atoms with E-state index in [4.69, 9.17) is 4.74 Å². The van der Waals surface area contributed by atoms with E-state index in [1.165, 1.54) is 0 Å². The molecule has 1 atom stereocenters. The van der Waals surface area contributed by atoms with Gasteiger partial charge in [0.15, 0.2) is 0 Å². The summed E-state index contributed by atoms with van der Waals surface area (Å²) in [7, 11) is 0. The van der Waals surface area contributed by atoms with Gasteiger partial charge in [-0.1, -0.05) is 18.2 Å². The fraction of sp³-hybridized carbons (Fsp3) is 0.500. The molecule has 1 saturated heterocycles. The van der Waals surface area contributed by atoms with Crippen LogP contribution in [0.4, 0.5) is 0 Å². The molecule has 96 valence electrons. The van der Waals surface area contributed by atoms with Crippen molar-refractivity contribution in [1.29, 1.82) is 0 Å². The highest BCUT2D eigenvalue weighted by molar-refractivity contribution is 7.99. The first-order chi connectivity index (χ1) is 8.84. The maximum atomic E-state index is 12.4. The molecule has 18 heavy (non-hydrogen) atoms. The van der Waals surface area contributed by atoms with Crippen LogP contribution in [0.25, 0.3) is 0 Å². The fourth-order valence-corrected chi connectivity index (χ4v) is 3.43. The van der Waals surface area contributed by atoms with Crippen molar-refractivity contribution < 1.29 is 9.53 Å². The zero-order valence-corrected chi connectivity index (χ0v) is 11.1. The van der Waals surface area contributed by atoms with Crippen LogP contribution < -0.4 is 4.74 Å². The highest BCUT2D eigenvalue weighted by atomic mass is 32.2. The van der Waals surface area contributed by atoms with Gasteiger partial charge in [-0.2, -0.15) is 11.8 Å². The van der Waals surface area contributed by atoms with Crippen LogP contribution in [-0.2, 0) is 11.2 Å². The molecule has 1 amide bonds. The van der Waals surface area contributed by atoms with Crippen molar-refractivity contribution in [1.82, 2.24) is 4.90 Å². The summed E-state index contributed by atoms with van der Waals surface area (Å²) in [5.41, 5.74) is 1.16. The Morgan fingerprint density at radius 2 is 2.06 bits per heavy atom. The number of thioether (sulfide) groups is 1. The van der Waals surface area contributed by atoms with Crippen LogP contribution in [0.3, 0.4) is 0 Å². The lowest BCUT2D eigenvalue weighted by molar-refractivity contribution is -0.136. The Morgan fingerprint density at radius 3 is 2.89 bits per heavy atom. The molecule has 2 aliphatic rings. The third-order valence-electron chi connectivity index (χ3n) is 3.55. The second kappa shape index (κ2) is 5.22. The zero-order valence-electron chi connectivity index (χ0n) is 10.3. The summed E-state index contributed by atoms with van der Waals surface area (Å²) in [6.45, 7) is 2.31. The maximum Gasteiger partial charge on any atom is 0.229 e. The monoisotopic (exact) mass is 263 g/mol. The third kappa shape index (κ3) is 2.34. The standard InChI is InChI=1S/C14H17NO2S/c16-14(15-5-7-18-8-6-15)12-9-11-3-1-2-4-13(11)17-10-12/h1-4,12H,5-10H2/t12-/m1/s1. The second-order valence-corrected chi connectivity index (χ2v) is 5.98. The van der Waals surface area contributed by atoms with Crippen molar-refractivity contribution in [3.05, 3.63) is 29.8 Å². The Morgan fingerprint density at radius 1 is 1.28 bits per heavy atom. The molecule has 0 unspecified atom stereocenters. The quantitative estimate of drug-likeness (QED) is 0.774. The minimum atomic E-state index is 0.00278. The Balaban J connectivity index is 1.69. The predicted octanol–water partition coefficient (Wildman–Crippen LogP) is 1.81. The van der Waals surface area contributed by atoms with Crippen molar-refractivity contribution in [3.8, 4) is 5.75 Å². The minimum Gasteiger partial charge on any atom is -0.492 e. The van der Waals surface area contributed by atoms with Crippen molar-refractivity contribution in [3.63, 3.8) is 0 Å². The maximum absolute atomic E-state index is 12.4. The van der Waals surface area contributed by atoms with E-state index >= 15 is 0 Å². The van der Waals surface area contributed by atoms with E-state index in [2.05, 4.69) is 6.07 Å². The molecule has 3 rings (SSSR count). The number of amides is 1. The van der Waals surface area contributed by atoms with Gasteiger partial charge in [0.1, 0.15) is 12.4 Å². The van der Waals surface area contributed by atoms with E-state index in [9.17, 15) is 4.79 Å². The minimum absolute atomic E-state index is 0.00278. The number of rotatable bonds is 1. The molecule has 0 spiro atoms. The topological polar surface area (TPSA) is 29.5 Å². The van der Waals surface area contributed by atoms with Gasteiger partial charge in [0.05, 0.1) is 5.92 Å². The van der Waals surface area contributed by atoms with Gasteiger partial charge in [-0.05, 0) is 18.1 Å². The molecule has 0 bridgehead atoms. The summed E-state index contributed by atoms with van der Waals surface area (Å²) in [5.74, 6) is 3.34. The Labute approximate surface area is 111 Å². The molecule has 2 heterocycles. The number of hydrogen-bond acceptors (Lipinski definition) is 3. The number of hydrogen-bond donors (Lipinski definition) is 0. The van der Waals surface area contributed by atoms with E-state index in [-0.39, 0.29) is 11.8 Å². The van der Waals surface area contributed by atoms with Gasteiger partial charge in [0.25, 0.3) is 0 Å². The van der Waals surface area contributed by atoms with Gasteiger partial charge >= 0.3 is 0 Å². The summed E-state index contributed by atoms with van der Waals surface area (Å²) in [6.07, 6.45) is 0.818. The number of para-hydroxylation sites is 1. The van der Waals surface area contributed by atoms with E-state index < -0.39 is 0 Å². The first kappa shape index (κ1) is 11.9. The van der Waals surface area contributed by atoms with E-state index in [0.717, 1.165) is 42.3 Å². The molecule has 0 radical (unpaired) electrons. The van der Waals surface area contributed by atoms with Crippen LogP contribution in [0.5, 0.6) is 5.75 Å². The predicted molar refractivity (Wildman–Crippen MR) is 73.0 cm³/mol. The molecular formula is C14H17NO2S. The van der Waals surface area contributed by atoms with Crippen LogP contribution in [0, 0.1) is 5.92 Å². The van der Waals surface area contributed by atoms with Crippen LogP contribution in [0.2, 0.25) is 0 Å². The second-order valence-electron chi connectivity index (χ2n) is 4.76. The highest BCUT2D eigenvalue weighted by Crippen LogP contribution is 2.28. The van der Waals surface area contributed by atoms with E-state index in [1.807, 2.05) is 34.9 Å². The summed E-state index contributed by atoms with van der Waals surface area (Å²) in [4.78, 5) is 14.4. The van der Waals surface area contributed by atoms with Gasteiger partial charge < -0.3 is 9.64 Å². The zero-order chi connectivity index (χ0) is 12.4. The van der Waals surface area contributed by atoms with Gasteiger partial charge in [0, 0.05) is 24.6 Å². The molecular weight excluding hydrogens is 246 g/mol. The highest BCUT2D eigenvalue weighted by Gasteiger charge is 2.29. The average molecular weight is 263 g/mol. The fourth-order valence-electron chi connectivity index (χ4n) is 2.53. The Bertz CT molecular complexity index is 443. The number of ether oxygens (including phenoxy) is 1. The SMILES string of the molecule is O=C([C@H]1COc2ccccc2C1)N1CCSCC1. The Hall–Kier alpha value is -1.16.